The Kier molecular flexibility index (Phi) is 5.76. The summed E-state index contributed by atoms with van der Waals surface area (Å²) in [5, 5.41) is 6.21. The molecule has 0 radical (unpaired) electrons. The molecule has 0 amide bonds. The molecule has 1 N–H and O–H groups in total. The second-order valence-electron chi connectivity index (χ2n) is 6.97. The molecular formula is C16H25F3N4O. The van der Waals surface area contributed by atoms with Gasteiger partial charge >= 0.3 is 6.18 Å². The molecule has 2 heterocycles. The van der Waals surface area contributed by atoms with E-state index in [9.17, 15) is 13.2 Å². The molecule has 1 saturated heterocycles. The summed E-state index contributed by atoms with van der Waals surface area (Å²) in [6.07, 6.45) is 4.30. The van der Waals surface area contributed by atoms with Crippen molar-refractivity contribution in [1.29, 1.82) is 0 Å². The van der Waals surface area contributed by atoms with E-state index in [1.165, 1.54) is 38.6 Å². The molecule has 1 aromatic rings. The molecule has 1 aromatic heterocycles. The Morgan fingerprint density at radius 2 is 1.79 bits per heavy atom. The second kappa shape index (κ2) is 7.82. The maximum atomic E-state index is 12.4. The van der Waals surface area contributed by atoms with Crippen LogP contribution in [-0.4, -0.2) is 40.7 Å². The monoisotopic (exact) mass is 346 g/mol. The minimum absolute atomic E-state index is 0.00744. The van der Waals surface area contributed by atoms with Gasteiger partial charge < -0.3 is 14.7 Å². The zero-order valence-corrected chi connectivity index (χ0v) is 13.8. The zero-order chi connectivity index (χ0) is 17.0. The van der Waals surface area contributed by atoms with Crippen LogP contribution in [0.1, 0.15) is 56.7 Å². The lowest BCUT2D eigenvalue weighted by Gasteiger charge is -2.35. The van der Waals surface area contributed by atoms with Gasteiger partial charge in [-0.2, -0.15) is 18.2 Å². The minimum atomic E-state index is -4.55. The number of hydrogen-bond acceptors (Lipinski definition) is 5. The summed E-state index contributed by atoms with van der Waals surface area (Å²) in [4.78, 5) is 5.91. The first kappa shape index (κ1) is 17.7. The fraction of sp³-hybridized carbons (Fsp3) is 0.875. The Hall–Kier alpha value is -1.15. The SMILES string of the molecule is FC(F)(F)c1noc(CNC2CCN(CC3CCCCC3)CC2)n1. The van der Waals surface area contributed by atoms with Crippen LogP contribution < -0.4 is 5.32 Å². The van der Waals surface area contributed by atoms with Crippen molar-refractivity contribution in [3.05, 3.63) is 11.7 Å². The molecule has 1 saturated carbocycles. The lowest BCUT2D eigenvalue weighted by Crippen LogP contribution is -2.44. The van der Waals surface area contributed by atoms with Crippen LogP contribution in [0.3, 0.4) is 0 Å². The van der Waals surface area contributed by atoms with Crippen LogP contribution in [0.4, 0.5) is 13.2 Å². The molecule has 0 spiro atoms. The molecule has 2 fully saturated rings. The van der Waals surface area contributed by atoms with Gasteiger partial charge in [-0.3, -0.25) is 0 Å². The molecule has 136 valence electrons. The van der Waals surface area contributed by atoms with Crippen LogP contribution in [0, 0.1) is 5.92 Å². The molecule has 0 atom stereocenters. The first-order valence-corrected chi connectivity index (χ1v) is 8.86. The predicted molar refractivity (Wildman–Crippen MR) is 82.2 cm³/mol. The van der Waals surface area contributed by atoms with Crippen molar-refractivity contribution >= 4 is 0 Å². The number of likely N-dealkylation sites (tertiary alicyclic amines) is 1. The Balaban J connectivity index is 1.37. The van der Waals surface area contributed by atoms with Gasteiger partial charge in [0.05, 0.1) is 6.54 Å². The Morgan fingerprint density at radius 1 is 1.08 bits per heavy atom. The van der Waals surface area contributed by atoms with Crippen LogP contribution in [0.5, 0.6) is 0 Å². The summed E-state index contributed by atoms with van der Waals surface area (Å²) in [5.74, 6) is -0.365. The number of nitrogens with one attached hydrogen (secondary N) is 1. The summed E-state index contributed by atoms with van der Waals surface area (Å²) in [6.45, 7) is 3.49. The summed E-state index contributed by atoms with van der Waals surface area (Å²) in [5.41, 5.74) is 0. The van der Waals surface area contributed by atoms with Crippen LogP contribution in [0.15, 0.2) is 4.52 Å². The maximum absolute atomic E-state index is 12.4. The third kappa shape index (κ3) is 4.92. The molecular weight excluding hydrogens is 321 g/mol. The van der Waals surface area contributed by atoms with Crippen molar-refractivity contribution in [3.63, 3.8) is 0 Å². The minimum Gasteiger partial charge on any atom is -0.338 e. The molecule has 0 aromatic carbocycles. The number of halogens is 3. The van der Waals surface area contributed by atoms with E-state index in [1.807, 2.05) is 0 Å². The lowest BCUT2D eigenvalue weighted by molar-refractivity contribution is -0.146. The third-order valence-corrected chi connectivity index (χ3v) is 5.09. The molecule has 1 aliphatic carbocycles. The molecule has 3 rings (SSSR count). The highest BCUT2D eigenvalue weighted by molar-refractivity contribution is 4.91. The largest absolute Gasteiger partial charge is 0.455 e. The quantitative estimate of drug-likeness (QED) is 0.887. The predicted octanol–water partition coefficient (Wildman–Crippen LogP) is 3.22. The van der Waals surface area contributed by atoms with Crippen molar-refractivity contribution in [2.24, 2.45) is 5.92 Å². The lowest BCUT2D eigenvalue weighted by atomic mass is 9.88. The highest BCUT2D eigenvalue weighted by atomic mass is 19.4. The average Bonchev–Trinajstić information content (AvgIpc) is 3.05. The van der Waals surface area contributed by atoms with Crippen molar-refractivity contribution in [2.45, 2.75) is 63.7 Å². The first-order valence-electron chi connectivity index (χ1n) is 8.86. The van der Waals surface area contributed by atoms with E-state index in [2.05, 4.69) is 24.9 Å². The van der Waals surface area contributed by atoms with Crippen LogP contribution in [0.25, 0.3) is 0 Å². The molecule has 24 heavy (non-hydrogen) atoms. The van der Waals surface area contributed by atoms with E-state index in [4.69, 9.17) is 0 Å². The van der Waals surface area contributed by atoms with Crippen LogP contribution in [-0.2, 0) is 12.7 Å². The zero-order valence-electron chi connectivity index (χ0n) is 13.8. The number of aromatic nitrogens is 2. The number of nitrogens with zero attached hydrogens (tertiary/aromatic N) is 3. The normalized spacial score (nSPS) is 22.1. The Morgan fingerprint density at radius 3 is 2.42 bits per heavy atom. The molecule has 8 heteroatoms. The highest BCUT2D eigenvalue weighted by Crippen LogP contribution is 2.27. The second-order valence-corrected chi connectivity index (χ2v) is 6.97. The standard InChI is InChI=1S/C16H25F3N4O/c17-16(18,19)15-21-14(24-22-15)10-20-13-6-8-23(9-7-13)11-12-4-2-1-3-5-12/h12-13,20H,1-11H2. The van der Waals surface area contributed by atoms with Crippen molar-refractivity contribution in [1.82, 2.24) is 20.4 Å². The van der Waals surface area contributed by atoms with Crippen molar-refractivity contribution in [3.8, 4) is 0 Å². The number of alkyl halides is 3. The third-order valence-electron chi connectivity index (χ3n) is 5.09. The van der Waals surface area contributed by atoms with E-state index in [0.29, 0.717) is 6.04 Å². The fourth-order valence-electron chi connectivity index (χ4n) is 3.73. The first-order chi connectivity index (χ1) is 11.5. The molecule has 1 aliphatic heterocycles. The summed E-state index contributed by atoms with van der Waals surface area (Å²) >= 11 is 0. The van der Waals surface area contributed by atoms with E-state index in [0.717, 1.165) is 31.8 Å². The van der Waals surface area contributed by atoms with Gasteiger partial charge in [-0.15, -0.1) is 0 Å². The van der Waals surface area contributed by atoms with Crippen molar-refractivity contribution < 1.29 is 17.7 Å². The summed E-state index contributed by atoms with van der Waals surface area (Å²) in [7, 11) is 0. The molecule has 5 nitrogen and oxygen atoms in total. The van der Waals surface area contributed by atoms with Gasteiger partial charge in [0, 0.05) is 12.6 Å². The van der Waals surface area contributed by atoms with Crippen molar-refractivity contribution in [2.75, 3.05) is 19.6 Å². The van der Waals surface area contributed by atoms with Gasteiger partial charge in [0.2, 0.25) is 5.89 Å². The van der Waals surface area contributed by atoms with Gasteiger partial charge in [0.25, 0.3) is 5.82 Å². The Bertz CT molecular complexity index is 506. The number of piperidine rings is 1. The summed E-state index contributed by atoms with van der Waals surface area (Å²) in [6, 6.07) is 0.300. The smallest absolute Gasteiger partial charge is 0.338 e. The van der Waals surface area contributed by atoms with E-state index < -0.39 is 12.0 Å². The van der Waals surface area contributed by atoms with Gasteiger partial charge in [-0.05, 0) is 44.7 Å². The molecule has 0 unspecified atom stereocenters. The van der Waals surface area contributed by atoms with E-state index in [-0.39, 0.29) is 12.4 Å². The van der Waals surface area contributed by atoms with Crippen LogP contribution >= 0.6 is 0 Å². The number of hydrogen-bond donors (Lipinski definition) is 1. The molecule has 0 bridgehead atoms. The van der Waals surface area contributed by atoms with Gasteiger partial charge in [-0.25, -0.2) is 0 Å². The van der Waals surface area contributed by atoms with E-state index in [1.54, 1.807) is 0 Å². The Labute approximate surface area is 140 Å². The molecule has 2 aliphatic rings. The topological polar surface area (TPSA) is 54.2 Å². The summed E-state index contributed by atoms with van der Waals surface area (Å²) < 4.78 is 41.9. The maximum Gasteiger partial charge on any atom is 0.455 e. The van der Waals surface area contributed by atoms with Gasteiger partial charge in [0.15, 0.2) is 0 Å². The number of rotatable bonds is 5. The van der Waals surface area contributed by atoms with Gasteiger partial charge in [0.1, 0.15) is 0 Å². The fourth-order valence-corrected chi connectivity index (χ4v) is 3.73. The highest BCUT2D eigenvalue weighted by Gasteiger charge is 2.37. The van der Waals surface area contributed by atoms with E-state index >= 15 is 0 Å². The average molecular weight is 346 g/mol. The van der Waals surface area contributed by atoms with Gasteiger partial charge in [-0.1, -0.05) is 24.4 Å². The van der Waals surface area contributed by atoms with Crippen LogP contribution in [0.2, 0.25) is 0 Å².